The van der Waals surface area contributed by atoms with Crippen molar-refractivity contribution in [1.82, 2.24) is 10.2 Å². The van der Waals surface area contributed by atoms with Gasteiger partial charge in [-0.1, -0.05) is 60.1 Å². The number of nitrogens with one attached hydrogen (secondary N) is 1. The first-order valence-corrected chi connectivity index (χ1v) is 10.4. The summed E-state index contributed by atoms with van der Waals surface area (Å²) in [7, 11) is 1.68. The fourth-order valence-corrected chi connectivity index (χ4v) is 3.47. The number of benzene rings is 2. The smallest absolute Gasteiger partial charge is 0.166 e. The minimum atomic E-state index is 0. The molecule has 2 rings (SSSR count). The first kappa shape index (κ1) is 28.0. The molecule has 0 spiro atoms. The van der Waals surface area contributed by atoms with Gasteiger partial charge in [-0.25, -0.2) is 0 Å². The standard InChI is InChI=1S/C22H31BrN2O2.2ClH/c1-4-25(5-2)13-9-12-24-16-19-14-20(23)15-21(26-3)22(19)27-17-18-10-7-6-8-11-18;;/h6-8,10-11,14-15,24H,4-5,9,12-13,16-17H2,1-3H3;2*1H. The number of hydrogen-bond donors (Lipinski definition) is 1. The molecule has 0 aliphatic heterocycles. The first-order valence-electron chi connectivity index (χ1n) is 9.64. The van der Waals surface area contributed by atoms with E-state index in [9.17, 15) is 0 Å². The Kier molecular flexibility index (Phi) is 15.3. The molecule has 2 aromatic carbocycles. The van der Waals surface area contributed by atoms with Crippen molar-refractivity contribution in [1.29, 1.82) is 0 Å². The molecule has 0 heterocycles. The summed E-state index contributed by atoms with van der Waals surface area (Å²) in [5, 5.41) is 3.54. The summed E-state index contributed by atoms with van der Waals surface area (Å²) < 4.78 is 12.7. The zero-order chi connectivity index (χ0) is 19.5. The van der Waals surface area contributed by atoms with Crippen molar-refractivity contribution < 1.29 is 9.47 Å². The van der Waals surface area contributed by atoms with E-state index in [1.54, 1.807) is 7.11 Å². The van der Waals surface area contributed by atoms with Gasteiger partial charge < -0.3 is 19.7 Å². The SMILES string of the molecule is CCN(CC)CCCNCc1cc(Br)cc(OC)c1OCc1ccccc1.Cl.Cl. The molecule has 0 aliphatic carbocycles. The maximum absolute atomic E-state index is 6.14. The highest BCUT2D eigenvalue weighted by Gasteiger charge is 2.13. The van der Waals surface area contributed by atoms with Crippen LogP contribution in [0.1, 0.15) is 31.4 Å². The van der Waals surface area contributed by atoms with E-state index < -0.39 is 0 Å². The van der Waals surface area contributed by atoms with E-state index in [1.165, 1.54) is 0 Å². The Morgan fingerprint density at radius 2 is 1.72 bits per heavy atom. The predicted octanol–water partition coefficient (Wildman–Crippen LogP) is 5.70. The molecule has 0 aromatic heterocycles. The maximum Gasteiger partial charge on any atom is 0.166 e. The lowest BCUT2D eigenvalue weighted by molar-refractivity contribution is 0.279. The number of halogens is 3. The molecular weight excluding hydrogens is 475 g/mol. The van der Waals surface area contributed by atoms with Gasteiger partial charge in [0, 0.05) is 16.6 Å². The van der Waals surface area contributed by atoms with Gasteiger partial charge >= 0.3 is 0 Å². The topological polar surface area (TPSA) is 33.7 Å². The molecule has 0 atom stereocenters. The van der Waals surface area contributed by atoms with Gasteiger partial charge in [0.25, 0.3) is 0 Å². The summed E-state index contributed by atoms with van der Waals surface area (Å²) in [4.78, 5) is 2.44. The normalized spacial score (nSPS) is 10.2. The molecule has 0 fully saturated rings. The zero-order valence-corrected chi connectivity index (χ0v) is 20.7. The zero-order valence-electron chi connectivity index (χ0n) is 17.4. The third-order valence-electron chi connectivity index (χ3n) is 4.58. The van der Waals surface area contributed by atoms with Crippen LogP contribution < -0.4 is 14.8 Å². The number of methoxy groups -OCH3 is 1. The van der Waals surface area contributed by atoms with Crippen LogP contribution in [0.3, 0.4) is 0 Å². The van der Waals surface area contributed by atoms with Crippen molar-refractivity contribution in [3.63, 3.8) is 0 Å². The molecule has 0 aliphatic rings. The van der Waals surface area contributed by atoms with Crippen molar-refractivity contribution in [2.75, 3.05) is 33.3 Å². The van der Waals surface area contributed by atoms with Gasteiger partial charge in [0.2, 0.25) is 0 Å². The molecule has 4 nitrogen and oxygen atoms in total. The first-order chi connectivity index (χ1) is 13.2. The lowest BCUT2D eigenvalue weighted by Crippen LogP contribution is -2.27. The Morgan fingerprint density at radius 3 is 2.34 bits per heavy atom. The Labute approximate surface area is 196 Å². The summed E-state index contributed by atoms with van der Waals surface area (Å²) >= 11 is 3.57. The molecule has 0 radical (unpaired) electrons. The Morgan fingerprint density at radius 1 is 1.03 bits per heavy atom. The molecule has 0 unspecified atom stereocenters. The number of hydrogen-bond acceptors (Lipinski definition) is 4. The van der Waals surface area contributed by atoms with E-state index in [0.29, 0.717) is 6.61 Å². The van der Waals surface area contributed by atoms with Crippen LogP contribution in [-0.2, 0) is 13.2 Å². The van der Waals surface area contributed by atoms with Crippen LogP contribution in [0.15, 0.2) is 46.9 Å². The number of rotatable bonds is 12. The van der Waals surface area contributed by atoms with Crippen molar-refractivity contribution in [3.8, 4) is 11.5 Å². The van der Waals surface area contributed by atoms with Crippen molar-refractivity contribution >= 4 is 40.7 Å². The van der Waals surface area contributed by atoms with E-state index in [2.05, 4.69) is 58.2 Å². The minimum absolute atomic E-state index is 0. The molecule has 2 aromatic rings. The number of nitrogens with zero attached hydrogens (tertiary/aromatic N) is 1. The van der Waals surface area contributed by atoms with Crippen molar-refractivity contribution in [2.45, 2.75) is 33.4 Å². The van der Waals surface area contributed by atoms with Crippen LogP contribution in [-0.4, -0.2) is 38.2 Å². The largest absolute Gasteiger partial charge is 0.493 e. The quantitative estimate of drug-likeness (QED) is 0.373. The second-order valence-electron chi connectivity index (χ2n) is 6.43. The Bertz CT molecular complexity index is 686. The van der Waals surface area contributed by atoms with Gasteiger partial charge in [0.1, 0.15) is 6.61 Å². The molecule has 29 heavy (non-hydrogen) atoms. The molecule has 0 saturated carbocycles. The molecule has 0 bridgehead atoms. The minimum Gasteiger partial charge on any atom is -0.493 e. The Hall–Kier alpha value is -0.980. The summed E-state index contributed by atoms with van der Waals surface area (Å²) in [6.45, 7) is 10.0. The van der Waals surface area contributed by atoms with E-state index in [4.69, 9.17) is 9.47 Å². The highest BCUT2D eigenvalue weighted by Crippen LogP contribution is 2.35. The molecule has 1 N–H and O–H groups in total. The van der Waals surface area contributed by atoms with Gasteiger partial charge in [-0.3, -0.25) is 0 Å². The van der Waals surface area contributed by atoms with Crippen LogP contribution in [0.2, 0.25) is 0 Å². The predicted molar refractivity (Wildman–Crippen MR) is 130 cm³/mol. The second kappa shape index (κ2) is 15.8. The highest BCUT2D eigenvalue weighted by molar-refractivity contribution is 9.10. The van der Waals surface area contributed by atoms with Crippen LogP contribution >= 0.6 is 40.7 Å². The third-order valence-corrected chi connectivity index (χ3v) is 5.04. The van der Waals surface area contributed by atoms with E-state index in [1.807, 2.05) is 24.3 Å². The lowest BCUT2D eigenvalue weighted by Gasteiger charge is -2.19. The molecule has 0 saturated heterocycles. The average molecular weight is 508 g/mol. The van der Waals surface area contributed by atoms with E-state index in [0.717, 1.165) is 66.2 Å². The van der Waals surface area contributed by atoms with Gasteiger partial charge in [-0.05, 0) is 50.3 Å². The van der Waals surface area contributed by atoms with Gasteiger partial charge in [0.15, 0.2) is 11.5 Å². The van der Waals surface area contributed by atoms with Crippen molar-refractivity contribution in [2.24, 2.45) is 0 Å². The molecule has 7 heteroatoms. The maximum atomic E-state index is 6.14. The highest BCUT2D eigenvalue weighted by atomic mass is 79.9. The van der Waals surface area contributed by atoms with Crippen LogP contribution in [0.4, 0.5) is 0 Å². The van der Waals surface area contributed by atoms with Gasteiger partial charge in [0.05, 0.1) is 7.11 Å². The Balaban J connectivity index is 0.00000392. The average Bonchev–Trinajstić information content (AvgIpc) is 2.70. The monoisotopic (exact) mass is 506 g/mol. The van der Waals surface area contributed by atoms with Crippen LogP contribution in [0, 0.1) is 0 Å². The summed E-state index contributed by atoms with van der Waals surface area (Å²) in [6.07, 6.45) is 1.13. The summed E-state index contributed by atoms with van der Waals surface area (Å²) in [6, 6.07) is 14.2. The van der Waals surface area contributed by atoms with Gasteiger partial charge in [-0.2, -0.15) is 0 Å². The molecular formula is C22H33BrCl2N2O2. The molecule has 0 amide bonds. The van der Waals surface area contributed by atoms with E-state index in [-0.39, 0.29) is 24.8 Å². The fourth-order valence-electron chi connectivity index (χ4n) is 2.99. The lowest BCUT2D eigenvalue weighted by atomic mass is 10.1. The van der Waals surface area contributed by atoms with Crippen LogP contribution in [0.5, 0.6) is 11.5 Å². The second-order valence-corrected chi connectivity index (χ2v) is 7.34. The summed E-state index contributed by atoms with van der Waals surface area (Å²) in [5.74, 6) is 1.56. The van der Waals surface area contributed by atoms with E-state index >= 15 is 0 Å². The molecule has 164 valence electrons. The summed E-state index contributed by atoms with van der Waals surface area (Å²) in [5.41, 5.74) is 2.24. The fraction of sp³-hybridized carbons (Fsp3) is 0.455. The van der Waals surface area contributed by atoms with Gasteiger partial charge in [-0.15, -0.1) is 24.8 Å². The third kappa shape index (κ3) is 9.58. The van der Waals surface area contributed by atoms with Crippen molar-refractivity contribution in [3.05, 3.63) is 58.1 Å². The number of ether oxygens (including phenoxy) is 2. The van der Waals surface area contributed by atoms with Crippen LogP contribution in [0.25, 0.3) is 0 Å².